The van der Waals surface area contributed by atoms with Crippen LogP contribution in [0.5, 0.6) is 17.2 Å². The van der Waals surface area contributed by atoms with E-state index in [0.717, 1.165) is 0 Å². The van der Waals surface area contributed by atoms with Crippen molar-refractivity contribution in [3.8, 4) is 28.4 Å². The Morgan fingerprint density at radius 2 is 1.67 bits per heavy atom. The number of phenols is 3. The molecule has 15 heavy (non-hydrogen) atoms. The smallest absolute Gasteiger partial charge is 0.158 e. The lowest BCUT2D eigenvalue weighted by atomic mass is 10.0. The highest BCUT2D eigenvalue weighted by Gasteiger charge is 2.06. The third-order valence-electron chi connectivity index (χ3n) is 2.13. The molecule has 0 aliphatic carbocycles. The Kier molecular flexibility index (Phi) is 2.21. The molecule has 0 unspecified atom stereocenters. The minimum absolute atomic E-state index is 0.110. The molecular weight excluding hydrogens is 192 g/mol. The van der Waals surface area contributed by atoms with Crippen LogP contribution in [0.2, 0.25) is 0 Å². The standard InChI is InChI=1S/C12H9O3/c13-10-4-2-1-3-9(10)8-5-6-11(14)12(15)7-8/h2-7,13-15H. The van der Waals surface area contributed by atoms with Gasteiger partial charge >= 0.3 is 0 Å². The first-order valence-corrected chi connectivity index (χ1v) is 4.40. The molecule has 3 N–H and O–H groups in total. The highest BCUT2D eigenvalue weighted by Crippen LogP contribution is 2.34. The van der Waals surface area contributed by atoms with Gasteiger partial charge in [0.05, 0.1) is 0 Å². The van der Waals surface area contributed by atoms with Gasteiger partial charge < -0.3 is 15.3 Å². The number of hydrogen-bond donors (Lipinski definition) is 3. The van der Waals surface area contributed by atoms with Crippen molar-refractivity contribution in [1.82, 2.24) is 0 Å². The van der Waals surface area contributed by atoms with Crippen molar-refractivity contribution in [1.29, 1.82) is 0 Å². The van der Waals surface area contributed by atoms with E-state index in [1.807, 2.05) is 0 Å². The van der Waals surface area contributed by atoms with E-state index in [1.54, 1.807) is 18.2 Å². The molecule has 3 nitrogen and oxygen atoms in total. The van der Waals surface area contributed by atoms with Crippen LogP contribution in [0.4, 0.5) is 0 Å². The van der Waals surface area contributed by atoms with Gasteiger partial charge in [-0.3, -0.25) is 0 Å². The zero-order valence-corrected chi connectivity index (χ0v) is 7.81. The normalized spacial score (nSPS) is 10.1. The molecule has 0 saturated carbocycles. The molecule has 0 aromatic heterocycles. The van der Waals surface area contributed by atoms with E-state index >= 15 is 0 Å². The van der Waals surface area contributed by atoms with Crippen LogP contribution in [0.15, 0.2) is 36.4 Å². The Hall–Kier alpha value is -2.16. The minimum atomic E-state index is -0.212. The lowest BCUT2D eigenvalue weighted by Crippen LogP contribution is -1.79. The van der Waals surface area contributed by atoms with Gasteiger partial charge in [-0.25, -0.2) is 0 Å². The molecule has 0 saturated heterocycles. The van der Waals surface area contributed by atoms with E-state index in [-0.39, 0.29) is 17.2 Å². The Morgan fingerprint density at radius 3 is 2.33 bits per heavy atom. The van der Waals surface area contributed by atoms with Crippen molar-refractivity contribution in [2.45, 2.75) is 0 Å². The lowest BCUT2D eigenvalue weighted by Gasteiger charge is -2.05. The van der Waals surface area contributed by atoms with E-state index in [9.17, 15) is 10.2 Å². The fourth-order valence-electron chi connectivity index (χ4n) is 1.34. The lowest BCUT2D eigenvalue weighted by molar-refractivity contribution is 0.404. The van der Waals surface area contributed by atoms with Crippen molar-refractivity contribution >= 4 is 0 Å². The summed E-state index contributed by atoms with van der Waals surface area (Å²) in [4.78, 5) is 0. The fraction of sp³-hybridized carbons (Fsp3) is 0. The summed E-state index contributed by atoms with van der Waals surface area (Å²) in [6.45, 7) is 0. The Labute approximate surface area is 86.9 Å². The molecule has 2 rings (SSSR count). The average Bonchev–Trinajstić information content (AvgIpc) is 2.23. The van der Waals surface area contributed by atoms with Crippen molar-refractivity contribution in [2.75, 3.05) is 0 Å². The van der Waals surface area contributed by atoms with Gasteiger partial charge in [0.15, 0.2) is 11.5 Å². The van der Waals surface area contributed by atoms with Crippen LogP contribution in [-0.2, 0) is 0 Å². The van der Waals surface area contributed by atoms with Crippen LogP contribution in [-0.4, -0.2) is 15.3 Å². The molecule has 0 heterocycles. The molecule has 0 aliphatic rings. The van der Waals surface area contributed by atoms with Crippen LogP contribution in [0.3, 0.4) is 0 Å². The van der Waals surface area contributed by atoms with Crippen LogP contribution in [0.1, 0.15) is 0 Å². The monoisotopic (exact) mass is 201 g/mol. The zero-order chi connectivity index (χ0) is 10.8. The summed E-state index contributed by atoms with van der Waals surface area (Å²) in [6.07, 6.45) is 0. The summed E-state index contributed by atoms with van der Waals surface area (Å²) >= 11 is 0. The molecule has 75 valence electrons. The second-order valence-corrected chi connectivity index (χ2v) is 3.15. The van der Waals surface area contributed by atoms with Gasteiger partial charge in [0.25, 0.3) is 0 Å². The molecule has 0 amide bonds. The molecule has 0 fully saturated rings. The summed E-state index contributed by atoms with van der Waals surface area (Å²) in [7, 11) is 0. The highest BCUT2D eigenvalue weighted by atomic mass is 16.3. The minimum Gasteiger partial charge on any atom is -0.507 e. The maximum atomic E-state index is 9.56. The summed E-state index contributed by atoms with van der Waals surface area (Å²) in [6, 6.07) is 11.9. The highest BCUT2D eigenvalue weighted by molar-refractivity contribution is 5.71. The average molecular weight is 201 g/mol. The van der Waals surface area contributed by atoms with Gasteiger partial charge in [-0.2, -0.15) is 0 Å². The number of aromatic hydroxyl groups is 3. The van der Waals surface area contributed by atoms with E-state index in [0.29, 0.717) is 11.1 Å². The van der Waals surface area contributed by atoms with E-state index in [4.69, 9.17) is 5.11 Å². The molecule has 1 radical (unpaired) electrons. The molecule has 0 atom stereocenters. The van der Waals surface area contributed by atoms with Gasteiger partial charge in [-0.1, -0.05) is 12.1 Å². The van der Waals surface area contributed by atoms with Gasteiger partial charge in [-0.15, -0.1) is 0 Å². The van der Waals surface area contributed by atoms with Crippen LogP contribution < -0.4 is 0 Å². The van der Waals surface area contributed by atoms with Crippen molar-refractivity contribution < 1.29 is 15.3 Å². The SMILES string of the molecule is Oc1ccc(-c2c[c]ccc2O)cc1O. The molecule has 2 aromatic rings. The first kappa shape index (κ1) is 9.40. The first-order chi connectivity index (χ1) is 7.18. The van der Waals surface area contributed by atoms with Crippen molar-refractivity contribution in [3.05, 3.63) is 42.5 Å². The summed E-state index contributed by atoms with van der Waals surface area (Å²) in [5.74, 6) is -0.284. The quantitative estimate of drug-likeness (QED) is 0.620. The third-order valence-corrected chi connectivity index (χ3v) is 2.13. The second-order valence-electron chi connectivity index (χ2n) is 3.15. The van der Waals surface area contributed by atoms with E-state index in [1.165, 1.54) is 18.2 Å². The maximum Gasteiger partial charge on any atom is 0.158 e. The molecule has 0 aliphatic heterocycles. The van der Waals surface area contributed by atoms with Crippen LogP contribution >= 0.6 is 0 Å². The largest absolute Gasteiger partial charge is 0.507 e. The van der Waals surface area contributed by atoms with Crippen LogP contribution in [0.25, 0.3) is 11.1 Å². The second kappa shape index (κ2) is 3.53. The van der Waals surface area contributed by atoms with Gasteiger partial charge in [-0.05, 0) is 35.9 Å². The number of rotatable bonds is 1. The molecular formula is C12H9O3. The molecule has 0 bridgehead atoms. The first-order valence-electron chi connectivity index (χ1n) is 4.40. The predicted octanol–water partition coefficient (Wildman–Crippen LogP) is 2.27. The number of phenolic OH excluding ortho intramolecular Hbond substituents is 3. The Balaban J connectivity index is 2.55. The van der Waals surface area contributed by atoms with Gasteiger partial charge in [0.1, 0.15) is 5.75 Å². The van der Waals surface area contributed by atoms with Crippen molar-refractivity contribution in [2.24, 2.45) is 0 Å². The Bertz CT molecular complexity index is 492. The summed E-state index contributed by atoms with van der Waals surface area (Å²) < 4.78 is 0. The molecule has 0 spiro atoms. The van der Waals surface area contributed by atoms with Gasteiger partial charge in [0, 0.05) is 5.56 Å². The Morgan fingerprint density at radius 1 is 0.867 bits per heavy atom. The van der Waals surface area contributed by atoms with Crippen LogP contribution in [0, 0.1) is 6.07 Å². The predicted molar refractivity (Wildman–Crippen MR) is 55.7 cm³/mol. The van der Waals surface area contributed by atoms with E-state index < -0.39 is 0 Å². The third kappa shape index (κ3) is 1.72. The summed E-state index contributed by atoms with van der Waals surface area (Å²) in [5.41, 5.74) is 1.19. The topological polar surface area (TPSA) is 60.7 Å². The number of benzene rings is 2. The number of hydrogen-bond acceptors (Lipinski definition) is 3. The molecule has 3 heteroatoms. The van der Waals surface area contributed by atoms with Crippen molar-refractivity contribution in [3.63, 3.8) is 0 Å². The van der Waals surface area contributed by atoms with E-state index in [2.05, 4.69) is 6.07 Å². The van der Waals surface area contributed by atoms with Gasteiger partial charge in [0.2, 0.25) is 0 Å². The summed E-state index contributed by atoms with van der Waals surface area (Å²) in [5, 5.41) is 28.0. The molecule has 2 aromatic carbocycles. The maximum absolute atomic E-state index is 9.56. The zero-order valence-electron chi connectivity index (χ0n) is 7.81. The fourth-order valence-corrected chi connectivity index (χ4v) is 1.34.